The van der Waals surface area contributed by atoms with Crippen LogP contribution < -0.4 is 5.32 Å². The van der Waals surface area contributed by atoms with E-state index in [9.17, 15) is 0 Å². The number of hydrogen-bond acceptors (Lipinski definition) is 4. The molecule has 5 heteroatoms. The van der Waals surface area contributed by atoms with Crippen LogP contribution in [0, 0.1) is 0 Å². The van der Waals surface area contributed by atoms with Gasteiger partial charge in [0.1, 0.15) is 12.0 Å². The first kappa shape index (κ1) is 34.4. The van der Waals surface area contributed by atoms with E-state index in [1.165, 1.54) is 52.8 Å². The molecular formula is C55H36N4S. The number of amidine groups is 2. The van der Waals surface area contributed by atoms with Crippen molar-refractivity contribution in [3.05, 3.63) is 223 Å². The topological polar surface area (TPSA) is 41.7 Å². The van der Waals surface area contributed by atoms with Gasteiger partial charge in [0.2, 0.25) is 0 Å². The number of fused-ring (bicyclic) bond motifs is 7. The summed E-state index contributed by atoms with van der Waals surface area (Å²) in [4.78, 5) is 10.9. The zero-order chi connectivity index (χ0) is 39.6. The number of para-hydroxylation sites is 1. The molecule has 0 fully saturated rings. The van der Waals surface area contributed by atoms with E-state index in [1.807, 2.05) is 11.3 Å². The molecule has 1 atom stereocenters. The molecule has 0 bridgehead atoms. The van der Waals surface area contributed by atoms with Crippen LogP contribution in [0.25, 0.3) is 80.7 Å². The molecule has 1 unspecified atom stereocenters. The van der Waals surface area contributed by atoms with Crippen molar-refractivity contribution < 1.29 is 0 Å². The highest BCUT2D eigenvalue weighted by Gasteiger charge is 2.26. The van der Waals surface area contributed by atoms with E-state index in [4.69, 9.17) is 9.98 Å². The van der Waals surface area contributed by atoms with Crippen LogP contribution in [-0.2, 0) is 0 Å². The van der Waals surface area contributed by atoms with Crippen LogP contribution in [0.4, 0.5) is 0 Å². The Hall–Kier alpha value is -7.60. The molecule has 9 aromatic carbocycles. The second kappa shape index (κ2) is 14.0. The number of thiophene rings is 1. The summed E-state index contributed by atoms with van der Waals surface area (Å²) < 4.78 is 4.95. The Kier molecular flexibility index (Phi) is 8.06. The van der Waals surface area contributed by atoms with Crippen molar-refractivity contribution in [2.75, 3.05) is 0 Å². The molecule has 4 nitrogen and oxygen atoms in total. The number of benzene rings is 9. The monoisotopic (exact) mass is 784 g/mol. The van der Waals surface area contributed by atoms with E-state index in [-0.39, 0.29) is 6.17 Å². The fourth-order valence-electron chi connectivity index (χ4n) is 9.05. The van der Waals surface area contributed by atoms with Crippen LogP contribution >= 0.6 is 11.3 Å². The number of nitrogens with zero attached hydrogens (tertiary/aromatic N) is 3. The lowest BCUT2D eigenvalue weighted by Crippen LogP contribution is -2.34. The van der Waals surface area contributed by atoms with Crippen molar-refractivity contribution in [2.45, 2.75) is 6.17 Å². The number of aliphatic imine (C=N–C) groups is 2. The average molecular weight is 785 g/mol. The summed E-state index contributed by atoms with van der Waals surface area (Å²) in [5.74, 6) is 1.48. The van der Waals surface area contributed by atoms with Crippen LogP contribution in [0.15, 0.2) is 216 Å². The van der Waals surface area contributed by atoms with Gasteiger partial charge in [-0.3, -0.25) is 0 Å². The summed E-state index contributed by atoms with van der Waals surface area (Å²) in [6.07, 6.45) is -0.351. The van der Waals surface area contributed by atoms with Gasteiger partial charge >= 0.3 is 0 Å². The van der Waals surface area contributed by atoms with Crippen LogP contribution in [0.2, 0.25) is 0 Å². The molecule has 1 aliphatic rings. The summed E-state index contributed by atoms with van der Waals surface area (Å²) in [5.41, 5.74) is 11.0. The highest BCUT2D eigenvalue weighted by Crippen LogP contribution is 2.43. The fourth-order valence-corrected chi connectivity index (χ4v) is 10.3. The van der Waals surface area contributed by atoms with Crippen molar-refractivity contribution in [3.63, 3.8) is 0 Å². The van der Waals surface area contributed by atoms with Crippen molar-refractivity contribution >= 4 is 75.8 Å². The van der Waals surface area contributed by atoms with Crippen LogP contribution in [0.3, 0.4) is 0 Å². The van der Waals surface area contributed by atoms with Gasteiger partial charge in [0.05, 0.1) is 11.0 Å². The van der Waals surface area contributed by atoms with Gasteiger partial charge in [0.15, 0.2) is 5.84 Å². The first-order valence-corrected chi connectivity index (χ1v) is 21.2. The summed E-state index contributed by atoms with van der Waals surface area (Å²) >= 11 is 1.85. The van der Waals surface area contributed by atoms with Gasteiger partial charge in [0, 0.05) is 53.3 Å². The maximum Gasteiger partial charge on any atom is 0.160 e. The third-order valence-electron chi connectivity index (χ3n) is 11.9. The van der Waals surface area contributed by atoms with Crippen LogP contribution in [0.1, 0.15) is 22.9 Å². The Morgan fingerprint density at radius 2 is 1.12 bits per heavy atom. The summed E-state index contributed by atoms with van der Waals surface area (Å²) in [6, 6.07) is 74.0. The molecule has 3 heterocycles. The van der Waals surface area contributed by atoms with E-state index in [2.05, 4.69) is 216 Å². The average Bonchev–Trinajstić information content (AvgIpc) is 3.86. The lowest BCUT2D eigenvalue weighted by molar-refractivity contribution is 0.674. The van der Waals surface area contributed by atoms with Crippen LogP contribution in [0.5, 0.6) is 0 Å². The smallest absolute Gasteiger partial charge is 0.160 e. The molecule has 0 radical (unpaired) electrons. The first-order valence-electron chi connectivity index (χ1n) is 20.4. The van der Waals surface area contributed by atoms with E-state index in [0.29, 0.717) is 5.84 Å². The fraction of sp³-hybridized carbons (Fsp3) is 0.0182. The Labute approximate surface area is 351 Å². The van der Waals surface area contributed by atoms with Gasteiger partial charge in [-0.1, -0.05) is 164 Å². The normalized spacial score (nSPS) is 14.2. The van der Waals surface area contributed by atoms with E-state index < -0.39 is 0 Å². The predicted molar refractivity (Wildman–Crippen MR) is 254 cm³/mol. The van der Waals surface area contributed by atoms with Gasteiger partial charge < -0.3 is 9.88 Å². The second-order valence-corrected chi connectivity index (χ2v) is 16.4. The van der Waals surface area contributed by atoms with Gasteiger partial charge in [-0.25, -0.2) is 9.98 Å². The Balaban J connectivity index is 1.14. The molecule has 11 aromatic rings. The highest BCUT2D eigenvalue weighted by molar-refractivity contribution is 7.26. The first-order chi connectivity index (χ1) is 29.7. The van der Waals surface area contributed by atoms with Gasteiger partial charge in [-0.05, 0) is 75.5 Å². The molecule has 1 aliphatic heterocycles. The number of hydrogen-bond donors (Lipinski definition) is 1. The van der Waals surface area contributed by atoms with Crippen molar-refractivity contribution in [1.29, 1.82) is 0 Å². The van der Waals surface area contributed by atoms with Crippen molar-refractivity contribution in [1.82, 2.24) is 9.88 Å². The summed E-state index contributed by atoms with van der Waals surface area (Å²) in [5, 5.41) is 11.2. The summed E-state index contributed by atoms with van der Waals surface area (Å²) in [6.45, 7) is 0. The van der Waals surface area contributed by atoms with Gasteiger partial charge in [0.25, 0.3) is 0 Å². The second-order valence-electron chi connectivity index (χ2n) is 15.4. The maximum absolute atomic E-state index is 5.47. The number of nitrogens with one attached hydrogen (secondary N) is 1. The minimum Gasteiger partial charge on any atom is -0.344 e. The predicted octanol–water partition coefficient (Wildman–Crippen LogP) is 14.1. The molecule has 12 rings (SSSR count). The summed E-state index contributed by atoms with van der Waals surface area (Å²) in [7, 11) is 0. The van der Waals surface area contributed by atoms with Crippen molar-refractivity contribution in [2.24, 2.45) is 9.98 Å². The highest BCUT2D eigenvalue weighted by atomic mass is 32.1. The number of rotatable bonds is 6. The molecule has 2 aromatic heterocycles. The lowest BCUT2D eigenvalue weighted by Gasteiger charge is -2.26. The third-order valence-corrected chi connectivity index (χ3v) is 13.1. The Morgan fingerprint density at radius 1 is 0.450 bits per heavy atom. The molecule has 60 heavy (non-hydrogen) atoms. The van der Waals surface area contributed by atoms with Gasteiger partial charge in [-0.2, -0.15) is 0 Å². The standard InChI is InChI=1S/C55H36N4S/c1-3-16-35(17-4-1)40-22-9-10-25-45(40)54-56-53(36-18-5-2-6-19-36)57-55(58-54)46-31-30-39(34-47(46)44-27-15-26-43-42-24-12-14-29-51(42)60-52(43)44)59-49-28-13-11-23-41(49)48-32-37-20-7-8-21-38(37)33-50(48)59/h1-34,53H,(H,56,57,58). The zero-order valence-electron chi connectivity index (χ0n) is 32.5. The van der Waals surface area contributed by atoms with E-state index >= 15 is 0 Å². The lowest BCUT2D eigenvalue weighted by atomic mass is 9.95. The zero-order valence-corrected chi connectivity index (χ0v) is 33.3. The van der Waals surface area contributed by atoms with Crippen LogP contribution in [-0.4, -0.2) is 16.2 Å². The third kappa shape index (κ3) is 5.66. The van der Waals surface area contributed by atoms with Gasteiger partial charge in [-0.15, -0.1) is 11.3 Å². The minimum absolute atomic E-state index is 0.351. The molecule has 0 spiro atoms. The SMILES string of the molecule is c1ccc(-c2ccccc2C2=NC(c3ccc(-n4c5ccccc5c5cc6ccccc6cc54)cc3-c3cccc4c3sc3ccccc34)=NC(c3ccccc3)N2)cc1. The molecule has 0 aliphatic carbocycles. The minimum atomic E-state index is -0.351. The molecule has 0 saturated carbocycles. The Morgan fingerprint density at radius 3 is 1.97 bits per heavy atom. The van der Waals surface area contributed by atoms with Crippen molar-refractivity contribution in [3.8, 4) is 27.9 Å². The molecular weight excluding hydrogens is 749 g/mol. The Bertz CT molecular complexity index is 3520. The quantitative estimate of drug-likeness (QED) is 0.179. The largest absolute Gasteiger partial charge is 0.344 e. The van der Waals surface area contributed by atoms with E-state index in [1.54, 1.807) is 0 Å². The molecule has 282 valence electrons. The molecule has 1 N–H and O–H groups in total. The molecule has 0 saturated heterocycles. The molecule has 0 amide bonds. The number of aromatic nitrogens is 1. The van der Waals surface area contributed by atoms with E-state index in [0.717, 1.165) is 50.5 Å². The maximum atomic E-state index is 5.47.